The topological polar surface area (TPSA) is 90.2 Å². The Morgan fingerprint density at radius 2 is 1.11 bits per heavy atom. The maximum atomic E-state index is 11.6. The quantitative estimate of drug-likeness (QED) is 0.515. The summed E-state index contributed by atoms with van der Waals surface area (Å²) in [7, 11) is 0. The van der Waals surface area contributed by atoms with Gasteiger partial charge in [0.25, 0.3) is 0 Å². The third-order valence-electron chi connectivity index (χ3n) is 3.43. The first-order valence-electron chi connectivity index (χ1n) is 6.02. The van der Waals surface area contributed by atoms with Crippen molar-refractivity contribution in [2.75, 3.05) is 6.54 Å². The Labute approximate surface area is 106 Å². The Balaban J connectivity index is 3.14. The van der Waals surface area contributed by atoms with Gasteiger partial charge in [-0.15, -0.1) is 0 Å². The van der Waals surface area contributed by atoms with Crippen molar-refractivity contribution in [3.05, 3.63) is 0 Å². The lowest BCUT2D eigenvalue weighted by atomic mass is 9.72. The Bertz CT molecular complexity index is 338. The van der Waals surface area contributed by atoms with Crippen LogP contribution in [0, 0.1) is 17.8 Å². The summed E-state index contributed by atoms with van der Waals surface area (Å²) in [4.78, 5) is 46.6. The maximum Gasteiger partial charge on any atom is 0.140 e. The van der Waals surface area contributed by atoms with Gasteiger partial charge in [-0.1, -0.05) is 0 Å². The molecule has 0 aromatic heterocycles. The second-order valence-corrected chi connectivity index (χ2v) is 4.99. The smallest absolute Gasteiger partial charge is 0.140 e. The van der Waals surface area contributed by atoms with Gasteiger partial charge in [-0.05, 0) is 27.7 Å². The van der Waals surface area contributed by atoms with Crippen LogP contribution >= 0.6 is 0 Å². The fourth-order valence-electron chi connectivity index (χ4n) is 2.65. The zero-order chi connectivity index (χ0) is 14.0. The highest BCUT2D eigenvalue weighted by molar-refractivity contribution is 6.05. The summed E-state index contributed by atoms with van der Waals surface area (Å²) in [5.74, 6) is -3.43. The van der Waals surface area contributed by atoms with Crippen molar-refractivity contribution in [1.82, 2.24) is 5.32 Å². The van der Waals surface area contributed by atoms with Gasteiger partial charge in [-0.2, -0.15) is 0 Å². The van der Waals surface area contributed by atoms with Crippen LogP contribution in [0.3, 0.4) is 0 Å². The lowest BCUT2D eigenvalue weighted by Gasteiger charge is -2.27. The summed E-state index contributed by atoms with van der Waals surface area (Å²) < 4.78 is 0. The SMILES string of the molecule is CC(=O)C(C(C)=O)C(C1CN1)C(C(C)=O)C(C)=O. The predicted molar refractivity (Wildman–Crippen MR) is 65.0 cm³/mol. The van der Waals surface area contributed by atoms with Crippen LogP contribution < -0.4 is 5.32 Å². The Hall–Kier alpha value is -1.36. The van der Waals surface area contributed by atoms with Gasteiger partial charge in [0.1, 0.15) is 23.1 Å². The summed E-state index contributed by atoms with van der Waals surface area (Å²) >= 11 is 0. The average molecular weight is 253 g/mol. The minimum Gasteiger partial charge on any atom is -0.311 e. The molecule has 0 spiro atoms. The van der Waals surface area contributed by atoms with E-state index in [1.54, 1.807) is 0 Å². The van der Waals surface area contributed by atoms with Crippen molar-refractivity contribution in [3.8, 4) is 0 Å². The van der Waals surface area contributed by atoms with E-state index in [4.69, 9.17) is 0 Å². The van der Waals surface area contributed by atoms with Crippen molar-refractivity contribution in [2.24, 2.45) is 17.8 Å². The monoisotopic (exact) mass is 253 g/mol. The lowest BCUT2D eigenvalue weighted by Crippen LogP contribution is -2.43. The first kappa shape index (κ1) is 14.7. The van der Waals surface area contributed by atoms with Crippen molar-refractivity contribution in [3.63, 3.8) is 0 Å². The second kappa shape index (κ2) is 5.52. The molecule has 0 amide bonds. The largest absolute Gasteiger partial charge is 0.311 e. The number of rotatable bonds is 7. The van der Waals surface area contributed by atoms with E-state index in [2.05, 4.69) is 5.32 Å². The summed E-state index contributed by atoms with van der Waals surface area (Å²) in [5.41, 5.74) is 0. The van der Waals surface area contributed by atoms with Gasteiger partial charge in [-0.3, -0.25) is 19.2 Å². The maximum absolute atomic E-state index is 11.6. The molecular formula is C13H19NO4. The van der Waals surface area contributed by atoms with Gasteiger partial charge in [0, 0.05) is 18.5 Å². The molecule has 0 aromatic rings. The number of Topliss-reactive ketones (excluding diaryl/α,β-unsaturated/α-hetero) is 4. The molecule has 1 aliphatic rings. The van der Waals surface area contributed by atoms with Gasteiger partial charge >= 0.3 is 0 Å². The summed E-state index contributed by atoms with van der Waals surface area (Å²) in [5, 5.41) is 3.01. The van der Waals surface area contributed by atoms with E-state index in [-0.39, 0.29) is 29.2 Å². The van der Waals surface area contributed by atoms with E-state index in [9.17, 15) is 19.2 Å². The van der Waals surface area contributed by atoms with Crippen LogP contribution in [0.5, 0.6) is 0 Å². The van der Waals surface area contributed by atoms with Crippen molar-refractivity contribution in [1.29, 1.82) is 0 Å². The molecule has 0 aliphatic carbocycles. The Morgan fingerprint density at radius 3 is 1.28 bits per heavy atom. The molecule has 0 bridgehead atoms. The highest BCUT2D eigenvalue weighted by atomic mass is 16.2. The zero-order valence-electron chi connectivity index (χ0n) is 11.1. The fraction of sp³-hybridized carbons (Fsp3) is 0.692. The normalized spacial score (nSPS) is 18.3. The highest BCUT2D eigenvalue weighted by Gasteiger charge is 2.47. The van der Waals surface area contributed by atoms with E-state index >= 15 is 0 Å². The molecule has 5 heteroatoms. The lowest BCUT2D eigenvalue weighted by molar-refractivity contribution is -0.138. The molecule has 0 radical (unpaired) electrons. The number of carbonyl (C=O) groups is 4. The van der Waals surface area contributed by atoms with Gasteiger partial charge in [0.05, 0.1) is 11.8 Å². The van der Waals surface area contributed by atoms with Crippen molar-refractivity contribution in [2.45, 2.75) is 33.7 Å². The second-order valence-electron chi connectivity index (χ2n) is 4.99. The predicted octanol–water partition coefficient (Wildman–Crippen LogP) is 0.163. The fourth-order valence-corrected chi connectivity index (χ4v) is 2.65. The molecular weight excluding hydrogens is 234 g/mol. The third-order valence-corrected chi connectivity index (χ3v) is 3.43. The van der Waals surface area contributed by atoms with Crippen LogP contribution in [0.2, 0.25) is 0 Å². The molecule has 0 aromatic carbocycles. The number of hydrogen-bond acceptors (Lipinski definition) is 5. The third kappa shape index (κ3) is 3.10. The molecule has 1 aliphatic heterocycles. The summed E-state index contributed by atoms with van der Waals surface area (Å²) in [6, 6.07) is -0.0967. The van der Waals surface area contributed by atoms with Crippen LogP contribution in [-0.2, 0) is 19.2 Å². The number of hydrogen-bond donors (Lipinski definition) is 1. The molecule has 0 saturated carbocycles. The molecule has 1 saturated heterocycles. The van der Waals surface area contributed by atoms with Gasteiger partial charge in [0.15, 0.2) is 0 Å². The van der Waals surface area contributed by atoms with Gasteiger partial charge in [0.2, 0.25) is 0 Å². The highest BCUT2D eigenvalue weighted by Crippen LogP contribution is 2.32. The van der Waals surface area contributed by atoms with Crippen LogP contribution in [0.25, 0.3) is 0 Å². The molecule has 5 nitrogen and oxygen atoms in total. The minimum atomic E-state index is -0.872. The molecule has 1 atom stereocenters. The van der Waals surface area contributed by atoms with Crippen LogP contribution in [-0.4, -0.2) is 35.7 Å². The standard InChI is InChI=1S/C13H19NO4/c1-6(15)11(7(2)16)13(10-5-14-10)12(8(3)17)9(4)18/h10-14H,5H2,1-4H3. The first-order chi connectivity index (χ1) is 8.27. The van der Waals surface area contributed by atoms with E-state index in [1.807, 2.05) is 0 Å². The number of carbonyl (C=O) groups excluding carboxylic acids is 4. The van der Waals surface area contributed by atoms with E-state index in [0.717, 1.165) is 0 Å². The molecule has 1 fully saturated rings. The Kier molecular flexibility index (Phi) is 4.51. The average Bonchev–Trinajstić information content (AvgIpc) is 2.96. The first-order valence-corrected chi connectivity index (χ1v) is 6.02. The van der Waals surface area contributed by atoms with Crippen LogP contribution in [0.15, 0.2) is 0 Å². The molecule has 1 heterocycles. The van der Waals surface area contributed by atoms with E-state index in [1.165, 1.54) is 27.7 Å². The van der Waals surface area contributed by atoms with Crippen molar-refractivity contribution >= 4 is 23.1 Å². The van der Waals surface area contributed by atoms with E-state index in [0.29, 0.717) is 6.54 Å². The van der Waals surface area contributed by atoms with E-state index < -0.39 is 17.8 Å². The van der Waals surface area contributed by atoms with Crippen LogP contribution in [0.1, 0.15) is 27.7 Å². The van der Waals surface area contributed by atoms with Crippen LogP contribution in [0.4, 0.5) is 0 Å². The molecule has 18 heavy (non-hydrogen) atoms. The Morgan fingerprint density at radius 1 is 0.833 bits per heavy atom. The molecule has 1 rings (SSSR count). The minimum absolute atomic E-state index is 0.0967. The zero-order valence-corrected chi connectivity index (χ0v) is 11.1. The van der Waals surface area contributed by atoms with Gasteiger partial charge < -0.3 is 5.32 Å². The number of ketones is 4. The summed E-state index contributed by atoms with van der Waals surface area (Å²) in [6.07, 6.45) is 0. The van der Waals surface area contributed by atoms with Gasteiger partial charge in [-0.25, -0.2) is 0 Å². The molecule has 1 unspecified atom stereocenters. The molecule has 1 N–H and O–H groups in total. The number of nitrogens with one attached hydrogen (secondary N) is 1. The molecule has 100 valence electrons. The van der Waals surface area contributed by atoms with Crippen molar-refractivity contribution < 1.29 is 19.2 Å². The summed E-state index contributed by atoms with van der Waals surface area (Å²) in [6.45, 7) is 5.97.